The van der Waals surface area contributed by atoms with Crippen molar-refractivity contribution in [2.75, 3.05) is 0 Å². The molecule has 3 N–H and O–H groups in total. The van der Waals surface area contributed by atoms with Crippen LogP contribution in [0.25, 0.3) is 0 Å². The monoisotopic (exact) mass is 279 g/mol. The van der Waals surface area contributed by atoms with Gasteiger partial charge in [-0.25, -0.2) is 4.98 Å². The highest BCUT2D eigenvalue weighted by atomic mass is 35.5. The maximum Gasteiger partial charge on any atom is 0.188 e. The van der Waals surface area contributed by atoms with Gasteiger partial charge in [-0.3, -0.25) is 0 Å². The second kappa shape index (κ2) is 5.75. The summed E-state index contributed by atoms with van der Waals surface area (Å²) in [5, 5.41) is 12.9. The van der Waals surface area contributed by atoms with E-state index in [0.29, 0.717) is 10.7 Å². The average Bonchev–Trinajstić information content (AvgIpc) is 2.41. The predicted octanol–water partition coefficient (Wildman–Crippen LogP) is 2.98. The number of amidine groups is 1. The standard InChI is InChI=1S/C12H10ClN3OS/c13-8-4-1-2-6-10(8)18-11-7-3-5-9(15-11)12(14)16-17/h1-7,17H,(H2,14,16). The Hall–Kier alpha value is -1.72. The van der Waals surface area contributed by atoms with Crippen LogP contribution in [0.5, 0.6) is 0 Å². The molecule has 0 saturated carbocycles. The highest BCUT2D eigenvalue weighted by Gasteiger charge is 2.06. The van der Waals surface area contributed by atoms with E-state index >= 15 is 0 Å². The van der Waals surface area contributed by atoms with Gasteiger partial charge < -0.3 is 10.9 Å². The summed E-state index contributed by atoms with van der Waals surface area (Å²) in [5.41, 5.74) is 5.91. The Bertz CT molecular complexity index is 589. The lowest BCUT2D eigenvalue weighted by Crippen LogP contribution is -2.14. The topological polar surface area (TPSA) is 71.5 Å². The summed E-state index contributed by atoms with van der Waals surface area (Å²) in [6, 6.07) is 12.8. The van der Waals surface area contributed by atoms with Gasteiger partial charge >= 0.3 is 0 Å². The number of pyridine rings is 1. The van der Waals surface area contributed by atoms with Crippen molar-refractivity contribution in [1.82, 2.24) is 4.98 Å². The Kier molecular flexibility index (Phi) is 4.07. The van der Waals surface area contributed by atoms with E-state index in [0.717, 1.165) is 9.92 Å². The van der Waals surface area contributed by atoms with Gasteiger partial charge in [-0.15, -0.1) is 0 Å². The number of benzene rings is 1. The highest BCUT2D eigenvalue weighted by molar-refractivity contribution is 7.99. The molecule has 0 aliphatic rings. The molecule has 0 fully saturated rings. The Balaban J connectivity index is 2.28. The zero-order chi connectivity index (χ0) is 13.0. The molecular formula is C12H10ClN3OS. The maximum atomic E-state index is 8.61. The van der Waals surface area contributed by atoms with Crippen LogP contribution in [0.1, 0.15) is 5.69 Å². The molecule has 1 aromatic carbocycles. The molecule has 0 unspecified atom stereocenters. The van der Waals surface area contributed by atoms with E-state index in [4.69, 9.17) is 22.5 Å². The van der Waals surface area contributed by atoms with Crippen LogP contribution in [0.2, 0.25) is 5.02 Å². The molecule has 18 heavy (non-hydrogen) atoms. The van der Waals surface area contributed by atoms with E-state index in [2.05, 4.69) is 10.1 Å². The van der Waals surface area contributed by atoms with Crippen LogP contribution in [0.4, 0.5) is 0 Å². The third-order valence-electron chi connectivity index (χ3n) is 2.14. The largest absolute Gasteiger partial charge is 0.409 e. The molecule has 0 aliphatic heterocycles. The van der Waals surface area contributed by atoms with E-state index < -0.39 is 0 Å². The van der Waals surface area contributed by atoms with Gasteiger partial charge in [0.25, 0.3) is 0 Å². The SMILES string of the molecule is NC(=NO)c1cccc(Sc2ccccc2Cl)n1. The van der Waals surface area contributed by atoms with Crippen molar-refractivity contribution < 1.29 is 5.21 Å². The number of hydrogen-bond acceptors (Lipinski definition) is 4. The second-order valence-electron chi connectivity index (χ2n) is 3.38. The fraction of sp³-hybridized carbons (Fsp3) is 0. The Labute approximate surface area is 113 Å². The molecule has 0 bridgehead atoms. The molecule has 2 aromatic rings. The van der Waals surface area contributed by atoms with Crippen LogP contribution in [-0.4, -0.2) is 16.0 Å². The first-order chi connectivity index (χ1) is 8.70. The Morgan fingerprint density at radius 2 is 2.00 bits per heavy atom. The van der Waals surface area contributed by atoms with Gasteiger partial charge in [-0.2, -0.15) is 0 Å². The molecule has 0 atom stereocenters. The third-order valence-corrected chi connectivity index (χ3v) is 3.60. The van der Waals surface area contributed by atoms with Crippen LogP contribution in [-0.2, 0) is 0 Å². The second-order valence-corrected chi connectivity index (χ2v) is 4.85. The molecule has 4 nitrogen and oxygen atoms in total. The number of nitrogens with two attached hydrogens (primary N) is 1. The Morgan fingerprint density at radius 3 is 2.72 bits per heavy atom. The minimum absolute atomic E-state index is 0.0170. The number of oxime groups is 1. The summed E-state index contributed by atoms with van der Waals surface area (Å²) < 4.78 is 0. The molecule has 0 amide bonds. The van der Waals surface area contributed by atoms with Gasteiger partial charge in [0.05, 0.1) is 5.02 Å². The van der Waals surface area contributed by atoms with Crippen molar-refractivity contribution in [3.63, 3.8) is 0 Å². The van der Waals surface area contributed by atoms with Gasteiger partial charge in [-0.05, 0) is 24.3 Å². The quantitative estimate of drug-likeness (QED) is 0.392. The summed E-state index contributed by atoms with van der Waals surface area (Å²) in [6.07, 6.45) is 0. The van der Waals surface area contributed by atoms with Crippen molar-refractivity contribution in [3.05, 3.63) is 53.2 Å². The van der Waals surface area contributed by atoms with Gasteiger partial charge in [-0.1, -0.05) is 46.7 Å². The van der Waals surface area contributed by atoms with Crippen LogP contribution in [0, 0.1) is 0 Å². The first-order valence-electron chi connectivity index (χ1n) is 5.08. The molecule has 0 saturated heterocycles. The van der Waals surface area contributed by atoms with Gasteiger partial charge in [0.1, 0.15) is 10.7 Å². The van der Waals surface area contributed by atoms with Crippen molar-refractivity contribution in [3.8, 4) is 0 Å². The molecular weight excluding hydrogens is 270 g/mol. The predicted molar refractivity (Wildman–Crippen MR) is 72.3 cm³/mol. The summed E-state index contributed by atoms with van der Waals surface area (Å²) >= 11 is 7.49. The molecule has 0 aliphatic carbocycles. The van der Waals surface area contributed by atoms with Gasteiger partial charge in [0.2, 0.25) is 0 Å². The van der Waals surface area contributed by atoms with Crippen molar-refractivity contribution >= 4 is 29.2 Å². The van der Waals surface area contributed by atoms with Gasteiger partial charge in [0.15, 0.2) is 5.84 Å². The Morgan fingerprint density at radius 1 is 1.22 bits per heavy atom. The molecule has 0 spiro atoms. The van der Waals surface area contributed by atoms with Crippen LogP contribution >= 0.6 is 23.4 Å². The normalized spacial score (nSPS) is 11.5. The molecule has 6 heteroatoms. The number of halogens is 1. The molecule has 92 valence electrons. The van der Waals surface area contributed by atoms with Crippen molar-refractivity contribution in [2.45, 2.75) is 9.92 Å². The zero-order valence-electron chi connectivity index (χ0n) is 9.25. The molecule has 1 heterocycles. The highest BCUT2D eigenvalue weighted by Crippen LogP contribution is 2.31. The first-order valence-corrected chi connectivity index (χ1v) is 6.27. The third kappa shape index (κ3) is 2.94. The van der Waals surface area contributed by atoms with Crippen molar-refractivity contribution in [2.24, 2.45) is 10.9 Å². The first kappa shape index (κ1) is 12.7. The lowest BCUT2D eigenvalue weighted by atomic mass is 10.3. The summed E-state index contributed by atoms with van der Waals surface area (Å²) in [4.78, 5) is 5.17. The summed E-state index contributed by atoms with van der Waals surface area (Å²) in [5.74, 6) is -0.0170. The van der Waals surface area contributed by atoms with E-state index in [9.17, 15) is 0 Å². The maximum absolute atomic E-state index is 8.61. The smallest absolute Gasteiger partial charge is 0.188 e. The minimum Gasteiger partial charge on any atom is -0.409 e. The summed E-state index contributed by atoms with van der Waals surface area (Å²) in [7, 11) is 0. The van der Waals surface area contributed by atoms with E-state index in [-0.39, 0.29) is 5.84 Å². The van der Waals surface area contributed by atoms with Crippen molar-refractivity contribution in [1.29, 1.82) is 0 Å². The van der Waals surface area contributed by atoms with E-state index in [1.165, 1.54) is 11.8 Å². The number of hydrogen-bond donors (Lipinski definition) is 2. The van der Waals surface area contributed by atoms with E-state index in [1.54, 1.807) is 12.1 Å². The van der Waals surface area contributed by atoms with Gasteiger partial charge in [0, 0.05) is 4.90 Å². The number of aromatic nitrogens is 1. The number of nitrogens with zero attached hydrogens (tertiary/aromatic N) is 2. The number of rotatable bonds is 3. The van der Waals surface area contributed by atoms with Crippen LogP contribution in [0.15, 0.2) is 57.5 Å². The fourth-order valence-electron chi connectivity index (χ4n) is 1.31. The fourth-order valence-corrected chi connectivity index (χ4v) is 2.39. The lowest BCUT2D eigenvalue weighted by molar-refractivity contribution is 0.318. The average molecular weight is 280 g/mol. The minimum atomic E-state index is -0.0170. The molecule has 2 rings (SSSR count). The molecule has 1 aromatic heterocycles. The zero-order valence-corrected chi connectivity index (χ0v) is 10.8. The lowest BCUT2D eigenvalue weighted by Gasteiger charge is -2.04. The van der Waals surface area contributed by atoms with E-state index in [1.807, 2.05) is 30.3 Å². The summed E-state index contributed by atoms with van der Waals surface area (Å²) in [6.45, 7) is 0. The molecule has 0 radical (unpaired) electrons. The van der Waals surface area contributed by atoms with Crippen LogP contribution in [0.3, 0.4) is 0 Å². The van der Waals surface area contributed by atoms with Crippen LogP contribution < -0.4 is 5.73 Å².